The lowest BCUT2D eigenvalue weighted by Gasteiger charge is -2.30. The molecule has 0 spiro atoms. The fraction of sp³-hybridized carbons (Fsp3) is 0.333. The first kappa shape index (κ1) is 20.3. The van der Waals surface area contributed by atoms with Crippen molar-refractivity contribution in [3.8, 4) is 0 Å². The van der Waals surface area contributed by atoms with Crippen LogP contribution in [0.5, 0.6) is 0 Å². The number of aliphatic hydroxyl groups is 2. The van der Waals surface area contributed by atoms with Gasteiger partial charge in [0.05, 0.1) is 0 Å². The fourth-order valence-electron chi connectivity index (χ4n) is 3.57. The quantitative estimate of drug-likeness (QED) is 0.727. The second-order valence-electron chi connectivity index (χ2n) is 6.90. The van der Waals surface area contributed by atoms with Crippen LogP contribution in [0.25, 0.3) is 0 Å². The Morgan fingerprint density at radius 1 is 1.11 bits per heavy atom. The summed E-state index contributed by atoms with van der Waals surface area (Å²) in [5.74, 6) is -0.451. The van der Waals surface area contributed by atoms with Gasteiger partial charge in [0.25, 0.3) is 0 Å². The van der Waals surface area contributed by atoms with E-state index in [1.165, 1.54) is 0 Å². The number of hydrogen-bond donors (Lipinski definition) is 2. The minimum atomic E-state index is -1.57. The zero-order chi connectivity index (χ0) is 20.3. The van der Waals surface area contributed by atoms with Gasteiger partial charge in [-0.2, -0.15) is 0 Å². The molecule has 3 rings (SSSR count). The largest absolute Gasteiger partial charge is 0.368 e. The summed E-state index contributed by atoms with van der Waals surface area (Å²) in [6.07, 6.45) is -1.89. The van der Waals surface area contributed by atoms with Crippen LogP contribution in [-0.4, -0.2) is 51.2 Å². The van der Waals surface area contributed by atoms with E-state index >= 15 is 0 Å². The molecule has 1 aliphatic rings. The van der Waals surface area contributed by atoms with Gasteiger partial charge in [0.1, 0.15) is 12.2 Å². The highest BCUT2D eigenvalue weighted by Crippen LogP contribution is 2.36. The van der Waals surface area contributed by atoms with Crippen LogP contribution in [-0.2, 0) is 16.0 Å². The van der Waals surface area contributed by atoms with Gasteiger partial charge in [0.15, 0.2) is 6.29 Å². The molecule has 0 aromatic heterocycles. The zero-order valence-electron chi connectivity index (χ0n) is 15.5. The first-order valence-corrected chi connectivity index (χ1v) is 9.49. The van der Waals surface area contributed by atoms with Crippen LogP contribution in [0.2, 0.25) is 5.02 Å². The van der Waals surface area contributed by atoms with E-state index in [1.54, 1.807) is 41.1 Å². The number of carbonyl (C=O) groups excluding carboxylic acids is 2. The van der Waals surface area contributed by atoms with Crippen molar-refractivity contribution in [2.24, 2.45) is 0 Å². The Labute approximate surface area is 169 Å². The van der Waals surface area contributed by atoms with Crippen LogP contribution >= 0.6 is 11.6 Å². The molecular formula is C21H23ClN2O4. The van der Waals surface area contributed by atoms with Gasteiger partial charge in [-0.1, -0.05) is 54.1 Å². The standard InChI is InChI=1S/C21H23ClN2O4/c1-23-20(15-7-9-16(22)10-8-15)24(18(25)11-12-19(26)27)17(21(23)28)13-14-5-3-2-4-6-14/h2-10,17,19-20,26-27H,11-13H2,1H3. The van der Waals surface area contributed by atoms with Crippen molar-refractivity contribution >= 4 is 23.4 Å². The molecule has 0 aliphatic carbocycles. The summed E-state index contributed by atoms with van der Waals surface area (Å²) in [6, 6.07) is 15.9. The van der Waals surface area contributed by atoms with Crippen molar-refractivity contribution in [1.29, 1.82) is 0 Å². The Morgan fingerprint density at radius 3 is 2.36 bits per heavy atom. The Kier molecular flexibility index (Phi) is 6.34. The van der Waals surface area contributed by atoms with Gasteiger partial charge in [-0.05, 0) is 23.3 Å². The summed E-state index contributed by atoms with van der Waals surface area (Å²) >= 11 is 5.99. The molecule has 0 saturated carbocycles. The molecule has 0 radical (unpaired) electrons. The maximum absolute atomic E-state index is 13.0. The van der Waals surface area contributed by atoms with E-state index in [9.17, 15) is 9.59 Å². The molecule has 1 fully saturated rings. The molecule has 2 unspecified atom stereocenters. The molecule has 2 amide bonds. The molecule has 28 heavy (non-hydrogen) atoms. The molecule has 148 valence electrons. The Bertz CT molecular complexity index is 826. The molecule has 2 aromatic carbocycles. The Balaban J connectivity index is 1.95. The highest BCUT2D eigenvalue weighted by Gasteiger charge is 2.47. The maximum Gasteiger partial charge on any atom is 0.247 e. The van der Waals surface area contributed by atoms with Gasteiger partial charge in [-0.25, -0.2) is 0 Å². The molecule has 2 atom stereocenters. The molecule has 6 nitrogen and oxygen atoms in total. The summed E-state index contributed by atoms with van der Waals surface area (Å²) < 4.78 is 0. The Morgan fingerprint density at radius 2 is 1.75 bits per heavy atom. The number of nitrogens with zero attached hydrogens (tertiary/aromatic N) is 2. The number of carbonyl (C=O) groups is 2. The van der Waals surface area contributed by atoms with Crippen LogP contribution in [0.15, 0.2) is 54.6 Å². The fourth-order valence-corrected chi connectivity index (χ4v) is 3.69. The van der Waals surface area contributed by atoms with Crippen molar-refractivity contribution < 1.29 is 19.8 Å². The number of aliphatic hydroxyl groups excluding tert-OH is 1. The normalized spacial score (nSPS) is 19.5. The molecular weight excluding hydrogens is 380 g/mol. The molecule has 2 N–H and O–H groups in total. The summed E-state index contributed by atoms with van der Waals surface area (Å²) in [6.45, 7) is 0. The van der Waals surface area contributed by atoms with E-state index in [2.05, 4.69) is 0 Å². The highest BCUT2D eigenvalue weighted by atomic mass is 35.5. The summed E-state index contributed by atoms with van der Waals surface area (Å²) in [7, 11) is 1.67. The first-order valence-electron chi connectivity index (χ1n) is 9.12. The SMILES string of the molecule is CN1C(=O)C(Cc2ccccc2)N(C(=O)CCC(O)O)C1c1ccc(Cl)cc1. The molecule has 7 heteroatoms. The number of hydrogen-bond acceptors (Lipinski definition) is 4. The van der Waals surface area contributed by atoms with Crippen molar-refractivity contribution in [1.82, 2.24) is 9.80 Å². The minimum Gasteiger partial charge on any atom is -0.368 e. The van der Waals surface area contributed by atoms with Crippen LogP contribution < -0.4 is 0 Å². The highest BCUT2D eigenvalue weighted by molar-refractivity contribution is 6.30. The third kappa shape index (κ3) is 4.35. The monoisotopic (exact) mass is 402 g/mol. The molecule has 2 aromatic rings. The van der Waals surface area contributed by atoms with Crippen molar-refractivity contribution in [2.75, 3.05) is 7.05 Å². The van der Waals surface area contributed by atoms with Gasteiger partial charge in [-0.3, -0.25) is 9.59 Å². The van der Waals surface area contributed by atoms with Crippen molar-refractivity contribution in [3.63, 3.8) is 0 Å². The predicted octanol–water partition coefficient (Wildman–Crippen LogP) is 2.34. The van der Waals surface area contributed by atoms with Gasteiger partial charge < -0.3 is 20.0 Å². The van der Waals surface area contributed by atoms with Crippen LogP contribution in [0.4, 0.5) is 0 Å². The van der Waals surface area contributed by atoms with E-state index in [-0.39, 0.29) is 24.7 Å². The lowest BCUT2D eigenvalue weighted by Crippen LogP contribution is -2.41. The van der Waals surface area contributed by atoms with E-state index in [0.29, 0.717) is 11.4 Å². The van der Waals surface area contributed by atoms with Crippen molar-refractivity contribution in [3.05, 3.63) is 70.7 Å². The van der Waals surface area contributed by atoms with Crippen molar-refractivity contribution in [2.45, 2.75) is 37.8 Å². The van der Waals surface area contributed by atoms with Gasteiger partial charge >= 0.3 is 0 Å². The van der Waals surface area contributed by atoms with E-state index in [0.717, 1.165) is 11.1 Å². The summed E-state index contributed by atoms with van der Waals surface area (Å²) in [5, 5.41) is 18.9. The van der Waals surface area contributed by atoms with Gasteiger partial charge in [-0.15, -0.1) is 0 Å². The summed E-state index contributed by atoms with van der Waals surface area (Å²) in [5.41, 5.74) is 1.72. The first-order chi connectivity index (χ1) is 13.4. The van der Waals surface area contributed by atoms with E-state index < -0.39 is 18.5 Å². The lowest BCUT2D eigenvalue weighted by molar-refractivity contribution is -0.138. The maximum atomic E-state index is 13.0. The number of halogens is 1. The van der Waals surface area contributed by atoms with Crippen LogP contribution in [0.1, 0.15) is 30.1 Å². The topological polar surface area (TPSA) is 81.1 Å². The minimum absolute atomic E-state index is 0.0613. The molecule has 1 saturated heterocycles. The average Bonchev–Trinajstić information content (AvgIpc) is 2.92. The Hall–Kier alpha value is -2.41. The average molecular weight is 403 g/mol. The second kappa shape index (κ2) is 8.73. The zero-order valence-corrected chi connectivity index (χ0v) is 16.3. The smallest absolute Gasteiger partial charge is 0.247 e. The van der Waals surface area contributed by atoms with Gasteiger partial charge in [0, 0.05) is 31.3 Å². The van der Waals surface area contributed by atoms with Crippen LogP contribution in [0, 0.1) is 0 Å². The van der Waals surface area contributed by atoms with Gasteiger partial charge in [0.2, 0.25) is 11.8 Å². The van der Waals surface area contributed by atoms with E-state index in [1.807, 2.05) is 30.3 Å². The second-order valence-corrected chi connectivity index (χ2v) is 7.34. The lowest BCUT2D eigenvalue weighted by atomic mass is 10.0. The third-order valence-electron chi connectivity index (χ3n) is 4.94. The number of benzene rings is 2. The van der Waals surface area contributed by atoms with E-state index in [4.69, 9.17) is 21.8 Å². The number of rotatable bonds is 6. The molecule has 0 bridgehead atoms. The number of likely N-dealkylation sites (N-methyl/N-ethyl adjacent to an activating group) is 1. The van der Waals surface area contributed by atoms with Crippen LogP contribution in [0.3, 0.4) is 0 Å². The third-order valence-corrected chi connectivity index (χ3v) is 5.20. The number of amides is 2. The molecule has 1 heterocycles. The predicted molar refractivity (Wildman–Crippen MR) is 105 cm³/mol. The summed E-state index contributed by atoms with van der Waals surface area (Å²) in [4.78, 5) is 29.1. The molecule has 1 aliphatic heterocycles.